The van der Waals surface area contributed by atoms with E-state index in [0.717, 1.165) is 23.1 Å². The topological polar surface area (TPSA) is 76.6 Å². The smallest absolute Gasteiger partial charge is 0.303 e. The maximum absolute atomic E-state index is 15.4. The summed E-state index contributed by atoms with van der Waals surface area (Å²) >= 11 is 0. The molecule has 0 bridgehead atoms. The molecule has 0 spiro atoms. The molecule has 0 saturated carbocycles. The predicted molar refractivity (Wildman–Crippen MR) is 119 cm³/mol. The third-order valence-electron chi connectivity index (χ3n) is 6.19. The fraction of sp³-hybridized carbons (Fsp3) is 0.400. The second kappa shape index (κ2) is 8.41. The van der Waals surface area contributed by atoms with E-state index in [4.69, 9.17) is 5.11 Å². The van der Waals surface area contributed by atoms with Gasteiger partial charge in [-0.3, -0.25) is 9.69 Å². The average molecular weight is 460 g/mol. The highest BCUT2D eigenvalue weighted by atomic mass is 19.1. The van der Waals surface area contributed by atoms with Gasteiger partial charge in [-0.2, -0.15) is 0 Å². The van der Waals surface area contributed by atoms with E-state index < -0.39 is 29.3 Å². The van der Waals surface area contributed by atoms with Crippen LogP contribution in [0.15, 0.2) is 30.3 Å². The van der Waals surface area contributed by atoms with Gasteiger partial charge in [0.25, 0.3) is 0 Å². The van der Waals surface area contributed by atoms with Crippen LogP contribution in [0, 0.1) is 11.6 Å². The van der Waals surface area contributed by atoms with Gasteiger partial charge in [-0.1, -0.05) is 0 Å². The van der Waals surface area contributed by atoms with Crippen LogP contribution in [-0.4, -0.2) is 44.3 Å². The zero-order chi connectivity index (χ0) is 24.1. The van der Waals surface area contributed by atoms with Gasteiger partial charge in [-0.15, -0.1) is 0 Å². The fourth-order valence-electron chi connectivity index (χ4n) is 4.84. The number of benzene rings is 2. The number of H-pyrrole nitrogens is 1. The summed E-state index contributed by atoms with van der Waals surface area (Å²) < 4.78 is 45.6. The molecule has 4 rings (SSSR count). The first-order valence-electron chi connectivity index (χ1n) is 10.9. The maximum atomic E-state index is 15.4. The molecule has 176 valence electrons. The van der Waals surface area contributed by atoms with E-state index in [1.54, 1.807) is 23.1 Å². The Kier molecular flexibility index (Phi) is 5.90. The number of alkyl halides is 1. The lowest BCUT2D eigenvalue weighted by atomic mass is 9.86. The van der Waals surface area contributed by atoms with E-state index in [-0.39, 0.29) is 42.3 Å². The van der Waals surface area contributed by atoms with Crippen LogP contribution < -0.4 is 0 Å². The first-order valence-corrected chi connectivity index (χ1v) is 10.9. The van der Waals surface area contributed by atoms with E-state index >= 15 is 8.78 Å². The molecule has 2 aromatic carbocycles. The summed E-state index contributed by atoms with van der Waals surface area (Å²) in [7, 11) is 0. The number of aromatic hydroxyl groups is 1. The molecule has 0 aliphatic carbocycles. The normalized spacial score (nSPS) is 19.1. The SMILES string of the molecule is C[C@@H]1Cc2c([nH]c3cc(O)ccc23)[C@@H](c2c(F)cc(CCC(=O)O)cc2F)N1CC(C)(C)F. The van der Waals surface area contributed by atoms with Crippen molar-refractivity contribution < 1.29 is 28.2 Å². The van der Waals surface area contributed by atoms with Crippen molar-refractivity contribution in [1.82, 2.24) is 9.88 Å². The second-order valence-corrected chi connectivity index (χ2v) is 9.46. The average Bonchev–Trinajstić information content (AvgIpc) is 3.04. The number of rotatable bonds is 6. The standard InChI is InChI=1S/C25H27F3N2O3/c1-13-8-17-16-6-5-15(31)11-20(16)29-23(17)24(30(13)12-25(2,3)28)22-18(26)9-14(10-19(22)27)4-7-21(32)33/h5-6,9-11,13,24,29,31H,4,7-8,12H2,1-3H3,(H,32,33)/t13-,24-/m1/s1. The molecule has 5 nitrogen and oxygen atoms in total. The lowest BCUT2D eigenvalue weighted by Gasteiger charge is -2.43. The van der Waals surface area contributed by atoms with Gasteiger partial charge < -0.3 is 15.2 Å². The Morgan fingerprint density at radius 2 is 1.88 bits per heavy atom. The van der Waals surface area contributed by atoms with Gasteiger partial charge in [-0.25, -0.2) is 13.2 Å². The molecule has 8 heteroatoms. The molecule has 0 saturated heterocycles. The number of fused-ring (bicyclic) bond motifs is 3. The van der Waals surface area contributed by atoms with Crippen molar-refractivity contribution in [2.24, 2.45) is 0 Å². The lowest BCUT2D eigenvalue weighted by molar-refractivity contribution is -0.136. The van der Waals surface area contributed by atoms with Crippen LogP contribution in [-0.2, 0) is 17.6 Å². The van der Waals surface area contributed by atoms with Gasteiger partial charge in [0, 0.05) is 47.2 Å². The van der Waals surface area contributed by atoms with Crippen molar-refractivity contribution in [2.75, 3.05) is 6.54 Å². The van der Waals surface area contributed by atoms with Crippen molar-refractivity contribution in [3.05, 3.63) is 64.4 Å². The summed E-state index contributed by atoms with van der Waals surface area (Å²) in [6.07, 6.45) is 0.311. The third-order valence-corrected chi connectivity index (χ3v) is 6.19. The highest BCUT2D eigenvalue weighted by molar-refractivity contribution is 5.86. The summed E-state index contributed by atoms with van der Waals surface area (Å²) in [5, 5.41) is 19.6. The number of aromatic nitrogens is 1. The Bertz CT molecular complexity index is 1190. The minimum absolute atomic E-state index is 0.00264. The first kappa shape index (κ1) is 23.2. The Balaban J connectivity index is 1.89. The van der Waals surface area contributed by atoms with Crippen LogP contribution in [0.25, 0.3) is 10.9 Å². The number of aryl methyl sites for hydroxylation is 1. The van der Waals surface area contributed by atoms with E-state index in [1.165, 1.54) is 13.8 Å². The molecule has 33 heavy (non-hydrogen) atoms. The van der Waals surface area contributed by atoms with Gasteiger partial charge >= 0.3 is 5.97 Å². The molecule has 1 aromatic heterocycles. The minimum atomic E-state index is -1.61. The van der Waals surface area contributed by atoms with E-state index in [2.05, 4.69) is 4.98 Å². The monoisotopic (exact) mass is 460 g/mol. The van der Waals surface area contributed by atoms with Crippen LogP contribution in [0.4, 0.5) is 13.2 Å². The summed E-state index contributed by atoms with van der Waals surface area (Å²) in [6.45, 7) is 4.71. The Morgan fingerprint density at radius 3 is 2.48 bits per heavy atom. The van der Waals surface area contributed by atoms with Crippen molar-refractivity contribution in [3.8, 4) is 5.75 Å². The molecule has 1 aliphatic heterocycles. The van der Waals surface area contributed by atoms with Crippen LogP contribution in [0.3, 0.4) is 0 Å². The van der Waals surface area contributed by atoms with Crippen molar-refractivity contribution in [1.29, 1.82) is 0 Å². The molecule has 3 N–H and O–H groups in total. The number of hydrogen-bond acceptors (Lipinski definition) is 3. The number of hydrogen-bond donors (Lipinski definition) is 3. The lowest BCUT2D eigenvalue weighted by Crippen LogP contribution is -2.48. The van der Waals surface area contributed by atoms with Crippen LogP contribution in [0.2, 0.25) is 0 Å². The van der Waals surface area contributed by atoms with Gasteiger partial charge in [-0.05, 0) is 69.0 Å². The maximum Gasteiger partial charge on any atom is 0.303 e. The number of aromatic amines is 1. The Hall–Kier alpha value is -3.00. The van der Waals surface area contributed by atoms with Crippen molar-refractivity contribution in [2.45, 2.75) is 57.8 Å². The molecule has 0 amide bonds. The number of phenols is 1. The highest BCUT2D eigenvalue weighted by Crippen LogP contribution is 2.43. The number of carboxylic acid groups (broad SMARTS) is 1. The zero-order valence-corrected chi connectivity index (χ0v) is 18.8. The summed E-state index contributed by atoms with van der Waals surface area (Å²) in [6, 6.07) is 6.07. The van der Waals surface area contributed by atoms with Crippen LogP contribution >= 0.6 is 0 Å². The number of nitrogens with zero attached hydrogens (tertiary/aromatic N) is 1. The number of carboxylic acids is 1. The number of nitrogens with one attached hydrogen (secondary N) is 1. The van der Waals surface area contributed by atoms with Crippen molar-refractivity contribution >= 4 is 16.9 Å². The van der Waals surface area contributed by atoms with E-state index in [0.29, 0.717) is 17.6 Å². The molecule has 0 radical (unpaired) electrons. The Morgan fingerprint density at radius 1 is 1.21 bits per heavy atom. The summed E-state index contributed by atoms with van der Waals surface area (Å²) in [5.74, 6) is -2.59. The molecule has 0 fully saturated rings. The minimum Gasteiger partial charge on any atom is -0.508 e. The Labute approximate surface area is 189 Å². The molecule has 2 heterocycles. The second-order valence-electron chi connectivity index (χ2n) is 9.46. The quantitative estimate of drug-likeness (QED) is 0.470. The van der Waals surface area contributed by atoms with E-state index in [9.17, 15) is 14.3 Å². The van der Waals surface area contributed by atoms with Crippen LogP contribution in [0.1, 0.15) is 55.6 Å². The largest absolute Gasteiger partial charge is 0.508 e. The van der Waals surface area contributed by atoms with E-state index in [1.807, 2.05) is 6.92 Å². The highest BCUT2D eigenvalue weighted by Gasteiger charge is 2.41. The fourth-order valence-corrected chi connectivity index (χ4v) is 4.84. The van der Waals surface area contributed by atoms with Crippen LogP contribution in [0.5, 0.6) is 5.75 Å². The molecule has 3 aromatic rings. The molecule has 1 aliphatic rings. The number of aliphatic carboxylic acids is 1. The number of carbonyl (C=O) groups is 1. The first-order chi connectivity index (χ1) is 15.4. The summed E-state index contributed by atoms with van der Waals surface area (Å²) in [4.78, 5) is 15.8. The zero-order valence-electron chi connectivity index (χ0n) is 18.8. The van der Waals surface area contributed by atoms with Gasteiger partial charge in [0.1, 0.15) is 23.1 Å². The van der Waals surface area contributed by atoms with Crippen molar-refractivity contribution in [3.63, 3.8) is 0 Å². The number of halogens is 3. The molecule has 0 unspecified atom stereocenters. The van der Waals surface area contributed by atoms with Gasteiger partial charge in [0.05, 0.1) is 6.04 Å². The molecule has 2 atom stereocenters. The number of phenolic OH excluding ortho intramolecular Hbond substituents is 1. The predicted octanol–water partition coefficient (Wildman–Crippen LogP) is 5.25. The molecular formula is C25H27F3N2O3. The van der Waals surface area contributed by atoms with Gasteiger partial charge in [0.2, 0.25) is 0 Å². The molecular weight excluding hydrogens is 433 g/mol. The third kappa shape index (κ3) is 4.57. The van der Waals surface area contributed by atoms with Gasteiger partial charge in [0.15, 0.2) is 0 Å². The summed E-state index contributed by atoms with van der Waals surface area (Å²) in [5.41, 5.74) is 0.514.